The topological polar surface area (TPSA) is 40.2 Å². The Kier molecular flexibility index (Phi) is 4.65. The Bertz CT molecular complexity index is 1400. The zero-order valence-corrected chi connectivity index (χ0v) is 21.3. The van der Waals surface area contributed by atoms with E-state index in [0.717, 1.165) is 21.5 Å². The first-order valence-electron chi connectivity index (χ1n) is 9.98. The van der Waals surface area contributed by atoms with E-state index in [1.54, 1.807) is 0 Å². The number of hydrogen-bond acceptors (Lipinski definition) is 5. The molecule has 0 saturated heterocycles. The molecular weight excluding hydrogens is 527 g/mol. The number of rotatable bonds is 2. The van der Waals surface area contributed by atoms with Gasteiger partial charge in [0.2, 0.25) is 0 Å². The molecule has 0 aromatic heterocycles. The first-order valence-corrected chi connectivity index (χ1v) is 13.6. The SMILES string of the molecule is CN(C)CP12(Oc3c(Cl)c(Cl)c(Cl)c(Cl)c3O1)Oc1c(c3ccccc3c3ccccc13)O2. The number of hydrogen-bond donors (Lipinski definition) is 0. The summed E-state index contributed by atoms with van der Waals surface area (Å²) < 4.78 is 26.2. The molecule has 10 heteroatoms. The van der Waals surface area contributed by atoms with Gasteiger partial charge in [0.1, 0.15) is 0 Å². The predicted molar refractivity (Wildman–Crippen MR) is 136 cm³/mol. The fourth-order valence-corrected chi connectivity index (χ4v) is 8.91. The maximum absolute atomic E-state index is 6.67. The Balaban J connectivity index is 1.65. The number of halogens is 4. The summed E-state index contributed by atoms with van der Waals surface area (Å²) in [5.74, 6) is 1.39. The Morgan fingerprint density at radius 2 is 0.939 bits per heavy atom. The average Bonchev–Trinajstić information content (AvgIpc) is 3.32. The Morgan fingerprint density at radius 1 is 0.576 bits per heavy atom. The molecule has 0 N–H and O–H groups in total. The van der Waals surface area contributed by atoms with Crippen LogP contribution in [0, 0.1) is 0 Å². The van der Waals surface area contributed by atoms with Gasteiger partial charge < -0.3 is 0 Å². The fourth-order valence-electron chi connectivity index (χ4n) is 4.41. The molecule has 2 heterocycles. The van der Waals surface area contributed by atoms with Crippen molar-refractivity contribution in [2.45, 2.75) is 0 Å². The number of nitrogens with zero attached hydrogens (tertiary/aromatic N) is 1. The van der Waals surface area contributed by atoms with Crippen molar-refractivity contribution in [2.24, 2.45) is 0 Å². The molecule has 0 radical (unpaired) electrons. The van der Waals surface area contributed by atoms with E-state index in [1.807, 2.05) is 67.5 Å². The maximum atomic E-state index is 6.67. The van der Waals surface area contributed by atoms with Crippen molar-refractivity contribution in [3.8, 4) is 23.0 Å². The van der Waals surface area contributed by atoms with Crippen molar-refractivity contribution in [1.82, 2.24) is 4.90 Å². The van der Waals surface area contributed by atoms with Gasteiger partial charge >= 0.3 is 210 Å². The molecule has 0 atom stereocenters. The van der Waals surface area contributed by atoms with Crippen LogP contribution >= 0.6 is 53.9 Å². The van der Waals surface area contributed by atoms with Crippen LogP contribution in [0.15, 0.2) is 48.5 Å². The van der Waals surface area contributed by atoms with Crippen molar-refractivity contribution in [3.63, 3.8) is 0 Å². The molecule has 33 heavy (non-hydrogen) atoms. The molecule has 2 aliphatic rings. The van der Waals surface area contributed by atoms with Crippen LogP contribution in [-0.2, 0) is 0 Å². The molecular formula is C23H16Cl4NO4P. The van der Waals surface area contributed by atoms with Crippen LogP contribution in [0.5, 0.6) is 23.0 Å². The molecule has 5 nitrogen and oxygen atoms in total. The Morgan fingerprint density at radius 3 is 1.33 bits per heavy atom. The van der Waals surface area contributed by atoms with Crippen molar-refractivity contribution in [3.05, 3.63) is 68.6 Å². The molecule has 1 spiro atoms. The summed E-state index contributed by atoms with van der Waals surface area (Å²) in [7, 11) is -0.668. The molecule has 170 valence electrons. The van der Waals surface area contributed by atoms with E-state index < -0.39 is 7.51 Å². The standard InChI is InChI=1S/C23H16Cl4NO4P/c1-28(2)11-33(31-22-18(26)16(24)17(25)19(27)23(22)32-33)29-20-14-9-5-3-7-12(14)13-8-4-6-10-15(13)21(20)30-33/h3-10H,11H2,1-2H3. The Labute approximate surface area is 209 Å². The van der Waals surface area contributed by atoms with E-state index in [4.69, 9.17) is 64.5 Å². The third kappa shape index (κ3) is 2.94. The van der Waals surface area contributed by atoms with Gasteiger partial charge in [-0.1, -0.05) is 0 Å². The molecule has 0 unspecified atom stereocenters. The van der Waals surface area contributed by atoms with Crippen LogP contribution < -0.4 is 18.1 Å². The predicted octanol–water partition coefficient (Wildman–Crippen LogP) is 8.58. The minimum absolute atomic E-state index is 0.0710. The van der Waals surface area contributed by atoms with E-state index in [2.05, 4.69) is 0 Å². The van der Waals surface area contributed by atoms with E-state index in [0.29, 0.717) is 11.5 Å². The van der Waals surface area contributed by atoms with E-state index in [1.165, 1.54) is 0 Å². The molecule has 6 rings (SSSR count). The zero-order valence-electron chi connectivity index (χ0n) is 17.4. The monoisotopic (exact) mass is 541 g/mol. The van der Waals surface area contributed by atoms with E-state index >= 15 is 0 Å². The van der Waals surface area contributed by atoms with Gasteiger partial charge in [-0.25, -0.2) is 0 Å². The van der Waals surface area contributed by atoms with Crippen molar-refractivity contribution < 1.29 is 18.1 Å². The summed E-state index contributed by atoms with van der Waals surface area (Å²) in [4.78, 5) is 1.87. The molecule has 0 aliphatic carbocycles. The van der Waals surface area contributed by atoms with Gasteiger partial charge in [-0.2, -0.15) is 0 Å². The summed E-state index contributed by atoms with van der Waals surface area (Å²) in [5.41, 5.74) is 0. The number of benzene rings is 4. The van der Waals surface area contributed by atoms with Gasteiger partial charge in [-0.05, 0) is 0 Å². The van der Waals surface area contributed by atoms with Gasteiger partial charge in [0.05, 0.1) is 0 Å². The summed E-state index contributed by atoms with van der Waals surface area (Å²) in [5, 5.41) is 4.11. The van der Waals surface area contributed by atoms with Crippen LogP contribution in [0.4, 0.5) is 0 Å². The molecule has 0 amide bonds. The first kappa shape index (κ1) is 21.7. The van der Waals surface area contributed by atoms with Crippen molar-refractivity contribution in [2.75, 3.05) is 20.4 Å². The van der Waals surface area contributed by atoms with Gasteiger partial charge in [-0.3, -0.25) is 0 Å². The minimum atomic E-state index is -4.40. The summed E-state index contributed by atoms with van der Waals surface area (Å²) >= 11 is 25.6. The molecule has 0 fully saturated rings. The summed E-state index contributed by atoms with van der Waals surface area (Å²) in [6.07, 6.45) is 0.166. The number of fused-ring (bicyclic) bond motifs is 7. The normalized spacial score (nSPS) is 18.2. The second kappa shape index (κ2) is 7.08. The van der Waals surface area contributed by atoms with Crippen LogP contribution in [0.2, 0.25) is 20.1 Å². The van der Waals surface area contributed by atoms with Crippen LogP contribution in [-0.4, -0.2) is 25.3 Å². The van der Waals surface area contributed by atoms with Crippen molar-refractivity contribution >= 4 is 75.5 Å². The fraction of sp³-hybridized carbons (Fsp3) is 0.130. The van der Waals surface area contributed by atoms with E-state index in [9.17, 15) is 0 Å². The van der Waals surface area contributed by atoms with Crippen LogP contribution in [0.25, 0.3) is 21.5 Å². The van der Waals surface area contributed by atoms with Gasteiger partial charge in [-0.15, -0.1) is 0 Å². The second-order valence-corrected chi connectivity index (χ2v) is 12.7. The second-order valence-electron chi connectivity index (χ2n) is 8.21. The van der Waals surface area contributed by atoms with E-state index in [-0.39, 0.29) is 37.9 Å². The molecule has 0 saturated carbocycles. The third-order valence-corrected chi connectivity index (χ3v) is 10.5. The first-order chi connectivity index (χ1) is 15.7. The van der Waals surface area contributed by atoms with Gasteiger partial charge in [0.15, 0.2) is 0 Å². The van der Waals surface area contributed by atoms with Crippen molar-refractivity contribution in [1.29, 1.82) is 0 Å². The molecule has 4 aromatic carbocycles. The van der Waals surface area contributed by atoms with Gasteiger partial charge in [0.25, 0.3) is 0 Å². The van der Waals surface area contributed by atoms with Crippen LogP contribution in [0.3, 0.4) is 0 Å². The quantitative estimate of drug-likeness (QED) is 0.110. The average molecular weight is 543 g/mol. The molecule has 0 bridgehead atoms. The third-order valence-electron chi connectivity index (χ3n) is 5.61. The zero-order chi connectivity index (χ0) is 23.1. The van der Waals surface area contributed by atoms with Crippen LogP contribution in [0.1, 0.15) is 0 Å². The molecule has 4 aromatic rings. The molecule has 2 aliphatic heterocycles. The Hall–Kier alpha value is -1.85. The summed E-state index contributed by atoms with van der Waals surface area (Å²) in [6.45, 7) is 0. The van der Waals surface area contributed by atoms with Gasteiger partial charge in [0, 0.05) is 0 Å². The summed E-state index contributed by atoms with van der Waals surface area (Å²) in [6, 6.07) is 15.9.